The summed E-state index contributed by atoms with van der Waals surface area (Å²) in [5.41, 5.74) is 1.50. The number of nitrogens with zero attached hydrogens (tertiary/aromatic N) is 4. The monoisotopic (exact) mass is 294 g/mol. The molecule has 0 radical (unpaired) electrons. The molecule has 1 aliphatic heterocycles. The molecule has 3 rings (SSSR count). The predicted octanol–water partition coefficient (Wildman–Crippen LogP) is 4.30. The molecule has 1 aliphatic rings. The van der Waals surface area contributed by atoms with E-state index in [1.165, 1.54) is 0 Å². The average Bonchev–Trinajstić information content (AvgIpc) is 3.05. The Kier molecular flexibility index (Phi) is 4.23. The highest BCUT2D eigenvalue weighted by Crippen LogP contribution is 2.19. The zero-order valence-corrected chi connectivity index (χ0v) is 12.7. The van der Waals surface area contributed by atoms with E-state index in [1.54, 1.807) is 0 Å². The normalized spacial score (nSPS) is 17.8. The molecule has 2 heterocycles. The second kappa shape index (κ2) is 6.47. The number of pyridine rings is 1. The predicted molar refractivity (Wildman–Crippen MR) is 86.0 cm³/mol. The van der Waals surface area contributed by atoms with Crippen LogP contribution in [0.4, 0.5) is 11.5 Å². The molecule has 1 aromatic carbocycles. The fraction of sp³-hybridized carbons (Fsp3) is 0.294. The molecule has 0 N–H and O–H groups in total. The lowest BCUT2D eigenvalue weighted by Crippen LogP contribution is -2.13. The van der Waals surface area contributed by atoms with Crippen LogP contribution in [-0.4, -0.2) is 23.5 Å². The van der Waals surface area contributed by atoms with Crippen molar-refractivity contribution in [3.05, 3.63) is 54.2 Å². The molecule has 0 saturated carbocycles. The van der Waals surface area contributed by atoms with E-state index >= 15 is 0 Å². The maximum Gasteiger partial charge on any atom is 0.235 e. The largest absolute Gasteiger partial charge is 0.474 e. The van der Waals surface area contributed by atoms with Gasteiger partial charge in [-0.05, 0) is 30.2 Å². The highest BCUT2D eigenvalue weighted by atomic mass is 16.5. The van der Waals surface area contributed by atoms with E-state index in [9.17, 15) is 0 Å². The van der Waals surface area contributed by atoms with Gasteiger partial charge in [0.15, 0.2) is 5.82 Å². The highest BCUT2D eigenvalue weighted by Gasteiger charge is 2.23. The Balaban J connectivity index is 1.79. The number of ether oxygens (including phenoxy) is 1. The molecule has 0 bridgehead atoms. The van der Waals surface area contributed by atoms with Crippen LogP contribution in [0.5, 0.6) is 0 Å². The van der Waals surface area contributed by atoms with Gasteiger partial charge in [-0.3, -0.25) is 0 Å². The maximum atomic E-state index is 5.65. The number of hydrogen-bond donors (Lipinski definition) is 0. The van der Waals surface area contributed by atoms with E-state index in [-0.39, 0.29) is 6.04 Å². The number of aromatic nitrogens is 1. The van der Waals surface area contributed by atoms with Crippen LogP contribution in [-0.2, 0) is 4.74 Å². The van der Waals surface area contributed by atoms with E-state index in [1.807, 2.05) is 48.5 Å². The van der Waals surface area contributed by atoms with E-state index in [0.717, 1.165) is 5.69 Å². The van der Waals surface area contributed by atoms with Crippen LogP contribution in [0, 0.1) is 5.92 Å². The van der Waals surface area contributed by atoms with Crippen LogP contribution in [0.15, 0.2) is 63.8 Å². The van der Waals surface area contributed by atoms with Gasteiger partial charge in [0.1, 0.15) is 12.3 Å². The summed E-state index contributed by atoms with van der Waals surface area (Å²) in [6.45, 7) is 4.89. The molecule has 1 atom stereocenters. The second-order valence-electron chi connectivity index (χ2n) is 5.47. The van der Waals surface area contributed by atoms with Crippen molar-refractivity contribution in [2.75, 3.05) is 6.61 Å². The molecule has 0 spiro atoms. The van der Waals surface area contributed by atoms with Crippen LogP contribution in [0.2, 0.25) is 0 Å². The summed E-state index contributed by atoms with van der Waals surface area (Å²) < 4.78 is 5.65. The number of benzene rings is 1. The van der Waals surface area contributed by atoms with Crippen molar-refractivity contribution in [1.29, 1.82) is 0 Å². The van der Waals surface area contributed by atoms with Gasteiger partial charge in [0.25, 0.3) is 0 Å². The summed E-state index contributed by atoms with van der Waals surface area (Å²) in [4.78, 5) is 9.02. The van der Waals surface area contributed by atoms with Crippen molar-refractivity contribution in [3.63, 3.8) is 0 Å². The molecule has 112 valence electrons. The number of hydrogen-bond acceptors (Lipinski definition) is 5. The standard InChI is InChI=1S/C17H18N4O/c1-12(2)15-11-22-17(19-15)14-9-6-10-16(18-14)21-20-13-7-4-3-5-8-13/h3-10,12,15H,11H2,1-2H3/t15-/m1/s1. The van der Waals surface area contributed by atoms with Crippen LogP contribution in [0.25, 0.3) is 0 Å². The first kappa shape index (κ1) is 14.4. The first-order valence-electron chi connectivity index (χ1n) is 7.37. The molecule has 0 unspecified atom stereocenters. The smallest absolute Gasteiger partial charge is 0.235 e. The third kappa shape index (κ3) is 3.36. The van der Waals surface area contributed by atoms with Gasteiger partial charge < -0.3 is 4.74 Å². The molecular weight excluding hydrogens is 276 g/mol. The first-order valence-corrected chi connectivity index (χ1v) is 7.37. The SMILES string of the molecule is CC(C)[C@H]1COC(c2cccc(N=Nc3ccccc3)n2)=N1. The Hall–Kier alpha value is -2.56. The summed E-state index contributed by atoms with van der Waals surface area (Å²) >= 11 is 0. The minimum absolute atomic E-state index is 0.200. The summed E-state index contributed by atoms with van der Waals surface area (Å²) in [6.07, 6.45) is 0. The highest BCUT2D eigenvalue weighted by molar-refractivity contribution is 5.93. The number of azo groups is 1. The Morgan fingerprint density at radius 1 is 1.05 bits per heavy atom. The molecule has 2 aromatic rings. The van der Waals surface area contributed by atoms with Gasteiger partial charge in [-0.25, -0.2) is 9.98 Å². The Bertz CT molecular complexity index is 695. The zero-order valence-electron chi connectivity index (χ0n) is 12.7. The zero-order chi connectivity index (χ0) is 15.4. The fourth-order valence-corrected chi connectivity index (χ4v) is 2.07. The molecule has 5 heteroatoms. The topological polar surface area (TPSA) is 59.2 Å². The third-order valence-corrected chi connectivity index (χ3v) is 3.42. The van der Waals surface area contributed by atoms with Gasteiger partial charge >= 0.3 is 0 Å². The van der Waals surface area contributed by atoms with E-state index < -0.39 is 0 Å². The lowest BCUT2D eigenvalue weighted by Gasteiger charge is -2.06. The van der Waals surface area contributed by atoms with E-state index in [4.69, 9.17) is 4.74 Å². The summed E-state index contributed by atoms with van der Waals surface area (Å²) in [7, 11) is 0. The maximum absolute atomic E-state index is 5.65. The fourth-order valence-electron chi connectivity index (χ4n) is 2.07. The molecule has 0 aliphatic carbocycles. The number of rotatable bonds is 4. The molecule has 0 amide bonds. The molecule has 0 saturated heterocycles. The van der Waals surface area contributed by atoms with Gasteiger partial charge in [-0.15, -0.1) is 10.2 Å². The van der Waals surface area contributed by atoms with Crippen LogP contribution < -0.4 is 0 Å². The van der Waals surface area contributed by atoms with Gasteiger partial charge in [0.05, 0.1) is 11.7 Å². The lowest BCUT2D eigenvalue weighted by atomic mass is 10.1. The van der Waals surface area contributed by atoms with E-state index in [2.05, 4.69) is 34.1 Å². The van der Waals surface area contributed by atoms with Gasteiger partial charge in [-0.1, -0.05) is 38.1 Å². The average molecular weight is 294 g/mol. The van der Waals surface area contributed by atoms with Crippen molar-refractivity contribution < 1.29 is 4.74 Å². The third-order valence-electron chi connectivity index (χ3n) is 3.42. The minimum Gasteiger partial charge on any atom is -0.474 e. The van der Waals surface area contributed by atoms with Gasteiger partial charge in [0.2, 0.25) is 5.90 Å². The van der Waals surface area contributed by atoms with Gasteiger partial charge in [-0.2, -0.15) is 0 Å². The molecule has 1 aromatic heterocycles. The van der Waals surface area contributed by atoms with Crippen LogP contribution in [0.1, 0.15) is 19.5 Å². The second-order valence-corrected chi connectivity index (χ2v) is 5.47. The molecule has 5 nitrogen and oxygen atoms in total. The van der Waals surface area contributed by atoms with Crippen molar-refractivity contribution >= 4 is 17.4 Å². The van der Waals surface area contributed by atoms with Crippen LogP contribution in [0.3, 0.4) is 0 Å². The summed E-state index contributed by atoms with van der Waals surface area (Å²) in [6, 6.07) is 15.3. The molecule has 22 heavy (non-hydrogen) atoms. The van der Waals surface area contributed by atoms with E-state index in [0.29, 0.717) is 29.9 Å². The number of aliphatic imine (C=N–C) groups is 1. The summed E-state index contributed by atoms with van der Waals surface area (Å²) in [5, 5.41) is 8.34. The van der Waals surface area contributed by atoms with Crippen molar-refractivity contribution in [2.24, 2.45) is 21.1 Å². The summed E-state index contributed by atoms with van der Waals surface area (Å²) in [5.74, 6) is 1.59. The quantitative estimate of drug-likeness (QED) is 0.789. The lowest BCUT2D eigenvalue weighted by molar-refractivity contribution is 0.291. The van der Waals surface area contributed by atoms with Crippen molar-refractivity contribution in [1.82, 2.24) is 4.98 Å². The first-order chi connectivity index (χ1) is 10.7. The Labute approximate surface area is 129 Å². The minimum atomic E-state index is 0.200. The molecular formula is C17H18N4O. The van der Waals surface area contributed by atoms with Crippen LogP contribution >= 0.6 is 0 Å². The Morgan fingerprint density at radius 2 is 1.86 bits per heavy atom. The van der Waals surface area contributed by atoms with Crippen molar-refractivity contribution in [2.45, 2.75) is 19.9 Å². The molecule has 0 fully saturated rings. The van der Waals surface area contributed by atoms with Crippen molar-refractivity contribution in [3.8, 4) is 0 Å². The Morgan fingerprint density at radius 3 is 2.59 bits per heavy atom. The van der Waals surface area contributed by atoms with Gasteiger partial charge in [0, 0.05) is 0 Å².